The van der Waals surface area contributed by atoms with Crippen molar-refractivity contribution in [1.82, 2.24) is 18.3 Å². The minimum Gasteiger partial charge on any atom is -0.309 e. The van der Waals surface area contributed by atoms with Crippen molar-refractivity contribution in [2.75, 3.05) is 0 Å². The lowest BCUT2D eigenvalue weighted by Gasteiger charge is -2.12. The highest BCUT2D eigenvalue weighted by Gasteiger charge is 2.27. The molecule has 2 aliphatic carbocycles. The summed E-state index contributed by atoms with van der Waals surface area (Å²) in [6.07, 6.45) is 0. The summed E-state index contributed by atoms with van der Waals surface area (Å²) in [5.41, 5.74) is 37.1. The summed E-state index contributed by atoms with van der Waals surface area (Å²) < 4.78 is 9.67. The van der Waals surface area contributed by atoms with Crippen LogP contribution in [0.4, 0.5) is 0 Å². The Morgan fingerprint density at radius 2 is 0.443 bits per heavy atom. The van der Waals surface area contributed by atoms with Crippen molar-refractivity contribution in [3.05, 3.63) is 437 Å². The minimum absolute atomic E-state index is 1.15. The number of nitrogens with zero attached hydrogens (tertiary/aromatic N) is 4. The average molecular weight is 1550 g/mol. The number of aromatic nitrogens is 4. The standard InChI is InChI=1S/C60H36N2.C58H36N2/c1-2-12-38-31-45(27-23-37(38)11-1)62-57-22-8-6-18-49(57)54-35-42(26-30-59(54)62)41-25-29-58-53(34-41)48-17-5-7-21-56(48)61(58)44-15-9-14-39(32-44)40-24-28-47-51-20-10-19-50-46-16-4-3-13-43(46)36-55(60(50)51)52(47)33-40;1-2-11-37(12-3-1)38-21-27-42(28-22-38)59-54-19-8-6-15-47(54)52-35-40(25-33-56(52)59)41-26-34-57-53(36-41)48-16-7-9-20-55(48)60(57)43-29-23-39(24-30-43)44-31-32-51-46-14-5-4-13-45(46)50-18-10-17-49(44)58(50)51/h1-36H;1-36H. The average Bonchev–Trinajstić information content (AvgIpc) is 1.85. The lowest BCUT2D eigenvalue weighted by atomic mass is 9.94. The van der Waals surface area contributed by atoms with E-state index >= 15 is 0 Å². The SMILES string of the molecule is c1cc(-c2ccc3c(c2)-c2cc4ccccc4c4cccc-3c24)cc(-n2c3ccccc3c3cc(-c4ccc5c(c4)c4ccccc4n5-c4ccc5ccccc5c4)ccc32)c1.c1ccc(-c2ccc(-n3c4ccccc4c4cc(-c5ccc6c(c5)c5ccccc5n6-c5ccc(-c6ccc7c8c(cccc68)-c6ccccc6-7)cc5)ccc43)cc2)cc1. The number of fused-ring (bicyclic) bond motifs is 21. The molecule has 4 nitrogen and oxygen atoms in total. The van der Waals surface area contributed by atoms with Crippen LogP contribution in [-0.2, 0) is 0 Å². The van der Waals surface area contributed by atoms with Crippen LogP contribution in [0.15, 0.2) is 437 Å². The molecule has 0 saturated carbocycles. The monoisotopic (exact) mass is 1540 g/mol. The van der Waals surface area contributed by atoms with Crippen LogP contribution in [0.25, 0.3) is 253 Å². The van der Waals surface area contributed by atoms with Crippen LogP contribution in [0.3, 0.4) is 0 Å². The number of rotatable bonds is 9. The highest BCUT2D eigenvalue weighted by molar-refractivity contribution is 6.25. The Morgan fingerprint density at radius 1 is 0.115 bits per heavy atom. The highest BCUT2D eigenvalue weighted by Crippen LogP contribution is 2.53. The first-order valence-electron chi connectivity index (χ1n) is 42.3. The third-order valence-electron chi connectivity index (χ3n) is 26.5. The van der Waals surface area contributed by atoms with E-state index < -0.39 is 0 Å². The molecule has 564 valence electrons. The second-order valence-electron chi connectivity index (χ2n) is 32.9. The van der Waals surface area contributed by atoms with Crippen molar-refractivity contribution in [1.29, 1.82) is 0 Å². The van der Waals surface area contributed by atoms with Gasteiger partial charge in [0.1, 0.15) is 0 Å². The van der Waals surface area contributed by atoms with E-state index in [-0.39, 0.29) is 0 Å². The van der Waals surface area contributed by atoms with Gasteiger partial charge < -0.3 is 18.3 Å². The summed E-state index contributed by atoms with van der Waals surface area (Å²) in [5.74, 6) is 0. The Balaban J connectivity index is 0.000000131. The largest absolute Gasteiger partial charge is 0.309 e. The van der Waals surface area contributed by atoms with Crippen LogP contribution in [0.1, 0.15) is 0 Å². The molecule has 0 amide bonds. The number of hydrogen-bond acceptors (Lipinski definition) is 0. The van der Waals surface area contributed by atoms with Crippen LogP contribution in [0.2, 0.25) is 0 Å². The molecular weight excluding hydrogens is 1470 g/mol. The third-order valence-corrected chi connectivity index (χ3v) is 26.5. The maximum absolute atomic E-state index is 2.44. The summed E-state index contributed by atoms with van der Waals surface area (Å²) in [5, 5.41) is 20.5. The zero-order valence-corrected chi connectivity index (χ0v) is 66.4. The van der Waals surface area contributed by atoms with Crippen molar-refractivity contribution in [3.8, 4) is 123 Å². The Hall–Kier alpha value is -16.1. The summed E-state index contributed by atoms with van der Waals surface area (Å²) in [6, 6.07) is 161. The van der Waals surface area contributed by atoms with Gasteiger partial charge in [-0.15, -0.1) is 0 Å². The predicted molar refractivity (Wildman–Crippen MR) is 516 cm³/mol. The van der Waals surface area contributed by atoms with E-state index in [1.807, 2.05) is 0 Å². The van der Waals surface area contributed by atoms with E-state index in [4.69, 9.17) is 0 Å². The molecule has 2 aliphatic rings. The molecule has 0 N–H and O–H groups in total. The van der Waals surface area contributed by atoms with Gasteiger partial charge in [0, 0.05) is 65.8 Å². The fourth-order valence-corrected chi connectivity index (χ4v) is 20.9. The molecule has 4 heteroatoms. The fraction of sp³-hybridized carbons (Fsp3) is 0. The predicted octanol–water partition coefficient (Wildman–Crippen LogP) is 32.0. The van der Waals surface area contributed by atoms with E-state index in [2.05, 4.69) is 455 Å². The van der Waals surface area contributed by atoms with E-state index in [1.165, 1.54) is 236 Å². The normalized spacial score (nSPS) is 12.1. The summed E-state index contributed by atoms with van der Waals surface area (Å²) >= 11 is 0. The van der Waals surface area contributed by atoms with Crippen LogP contribution in [-0.4, -0.2) is 18.3 Å². The van der Waals surface area contributed by atoms with Crippen molar-refractivity contribution < 1.29 is 0 Å². The van der Waals surface area contributed by atoms with Crippen molar-refractivity contribution in [2.45, 2.75) is 0 Å². The molecule has 0 aliphatic heterocycles. The van der Waals surface area contributed by atoms with Gasteiger partial charge in [0.25, 0.3) is 0 Å². The number of hydrogen-bond donors (Lipinski definition) is 0. The molecule has 0 saturated heterocycles. The Bertz CT molecular complexity index is 8720. The molecule has 4 aromatic heterocycles. The second-order valence-corrected chi connectivity index (χ2v) is 32.9. The van der Waals surface area contributed by atoms with Crippen molar-refractivity contribution in [2.24, 2.45) is 0 Å². The second kappa shape index (κ2) is 26.7. The Labute approximate surface area is 703 Å². The molecule has 25 aromatic rings. The molecule has 0 bridgehead atoms. The van der Waals surface area contributed by atoms with Crippen LogP contribution < -0.4 is 0 Å². The van der Waals surface area contributed by atoms with E-state index in [1.54, 1.807) is 0 Å². The van der Waals surface area contributed by atoms with Crippen molar-refractivity contribution in [3.63, 3.8) is 0 Å². The smallest absolute Gasteiger partial charge is 0.0541 e. The number of benzene rings is 21. The Morgan fingerprint density at radius 3 is 0.992 bits per heavy atom. The van der Waals surface area contributed by atoms with E-state index in [9.17, 15) is 0 Å². The molecule has 0 atom stereocenters. The van der Waals surface area contributed by atoms with Crippen molar-refractivity contribution >= 4 is 130 Å². The lowest BCUT2D eigenvalue weighted by Crippen LogP contribution is -1.94. The number of para-hydroxylation sites is 4. The van der Waals surface area contributed by atoms with Gasteiger partial charge in [-0.25, -0.2) is 0 Å². The maximum atomic E-state index is 2.44. The molecule has 122 heavy (non-hydrogen) atoms. The molecule has 27 rings (SSSR count). The van der Waals surface area contributed by atoms with Gasteiger partial charge in [-0.3, -0.25) is 0 Å². The molecular formula is C118H72N4. The molecule has 4 heterocycles. The van der Waals surface area contributed by atoms with Gasteiger partial charge >= 0.3 is 0 Å². The molecule has 0 radical (unpaired) electrons. The lowest BCUT2D eigenvalue weighted by molar-refractivity contribution is 1.18. The summed E-state index contributed by atoms with van der Waals surface area (Å²) in [7, 11) is 0. The summed E-state index contributed by atoms with van der Waals surface area (Å²) in [4.78, 5) is 0. The highest BCUT2D eigenvalue weighted by atomic mass is 15.0. The van der Waals surface area contributed by atoms with Gasteiger partial charge in [0.05, 0.1) is 44.1 Å². The first-order chi connectivity index (χ1) is 60.5. The zero-order chi connectivity index (χ0) is 79.8. The minimum atomic E-state index is 1.15. The summed E-state index contributed by atoms with van der Waals surface area (Å²) in [6.45, 7) is 0. The Kier molecular flexibility index (Phi) is 14.9. The van der Waals surface area contributed by atoms with Gasteiger partial charge in [0.2, 0.25) is 0 Å². The molecule has 0 unspecified atom stereocenters. The van der Waals surface area contributed by atoms with Gasteiger partial charge in [-0.2, -0.15) is 0 Å². The fourth-order valence-electron chi connectivity index (χ4n) is 20.9. The van der Waals surface area contributed by atoms with Gasteiger partial charge in [-0.1, -0.05) is 303 Å². The van der Waals surface area contributed by atoms with E-state index in [0.717, 1.165) is 17.1 Å². The molecule has 0 spiro atoms. The van der Waals surface area contributed by atoms with Crippen LogP contribution in [0.5, 0.6) is 0 Å². The topological polar surface area (TPSA) is 19.7 Å². The third kappa shape index (κ3) is 10.3. The maximum Gasteiger partial charge on any atom is 0.0541 e. The first kappa shape index (κ1) is 68.0. The zero-order valence-electron chi connectivity index (χ0n) is 66.4. The molecule has 21 aromatic carbocycles. The first-order valence-corrected chi connectivity index (χ1v) is 42.3. The van der Waals surface area contributed by atoms with Crippen LogP contribution in [0, 0.1) is 0 Å². The van der Waals surface area contributed by atoms with Gasteiger partial charge in [-0.05, 0) is 277 Å². The van der Waals surface area contributed by atoms with Gasteiger partial charge in [0.15, 0.2) is 0 Å². The van der Waals surface area contributed by atoms with Crippen LogP contribution >= 0.6 is 0 Å². The molecule has 0 fully saturated rings. The van der Waals surface area contributed by atoms with E-state index in [0.29, 0.717) is 0 Å². The quantitative estimate of drug-likeness (QED) is 0.128.